The number of hydrogen-bond donors (Lipinski definition) is 2. The van der Waals surface area contributed by atoms with Gasteiger partial charge in [0.1, 0.15) is 0 Å². The van der Waals surface area contributed by atoms with Crippen LogP contribution in [-0.2, 0) is 6.54 Å². The number of aromatic nitrogens is 1. The molecule has 0 amide bonds. The fourth-order valence-electron chi connectivity index (χ4n) is 5.94. The van der Waals surface area contributed by atoms with Crippen molar-refractivity contribution < 1.29 is 9.80 Å². The van der Waals surface area contributed by atoms with Crippen LogP contribution >= 0.6 is 11.8 Å². The summed E-state index contributed by atoms with van der Waals surface area (Å²) in [7, 11) is 2.32. The van der Waals surface area contributed by atoms with E-state index in [2.05, 4.69) is 54.3 Å². The van der Waals surface area contributed by atoms with Crippen LogP contribution in [0.15, 0.2) is 46.1 Å². The van der Waals surface area contributed by atoms with Crippen LogP contribution in [0.2, 0.25) is 0 Å². The summed E-state index contributed by atoms with van der Waals surface area (Å²) in [6, 6.07) is 13.6. The van der Waals surface area contributed by atoms with Gasteiger partial charge in [0.15, 0.2) is 0 Å². The average Bonchev–Trinajstić information content (AvgIpc) is 2.75. The van der Waals surface area contributed by atoms with Crippen LogP contribution in [-0.4, -0.2) is 50.1 Å². The van der Waals surface area contributed by atoms with E-state index in [9.17, 15) is 4.79 Å². The maximum atomic E-state index is 13.4. The van der Waals surface area contributed by atoms with Crippen molar-refractivity contribution in [1.29, 1.82) is 0 Å². The summed E-state index contributed by atoms with van der Waals surface area (Å²) in [6.45, 7) is 6.00. The van der Waals surface area contributed by atoms with Gasteiger partial charge in [-0.15, -0.1) is 11.8 Å². The minimum absolute atomic E-state index is 0.209. The molecule has 1 aromatic carbocycles. The van der Waals surface area contributed by atoms with Gasteiger partial charge in [-0.1, -0.05) is 12.1 Å². The van der Waals surface area contributed by atoms with Gasteiger partial charge in [0.2, 0.25) is 0 Å². The van der Waals surface area contributed by atoms with Crippen molar-refractivity contribution in [3.05, 3.63) is 52.4 Å². The number of likely N-dealkylation sites (tertiary alicyclic amines) is 2. The van der Waals surface area contributed by atoms with Crippen LogP contribution in [0.3, 0.4) is 0 Å². The predicted octanol–water partition coefficient (Wildman–Crippen LogP) is 0.916. The Labute approximate surface area is 177 Å². The summed E-state index contributed by atoms with van der Waals surface area (Å²) in [5.74, 6) is 1.19. The SMILES string of the molecule is CSc1ccc(-c2ccc3n(c2=O)C[C@H]2C[C@@H]3C[NH+](C3CC[NH+](C)CC3)C2)cc1. The summed E-state index contributed by atoms with van der Waals surface area (Å²) in [4.78, 5) is 18.1. The monoisotopic (exact) mass is 411 g/mol. The number of benzene rings is 1. The second-order valence-corrected chi connectivity index (χ2v) is 10.3. The van der Waals surface area contributed by atoms with Crippen molar-refractivity contribution in [2.75, 3.05) is 39.5 Å². The van der Waals surface area contributed by atoms with Crippen molar-refractivity contribution in [2.45, 2.75) is 42.7 Å². The first-order valence-electron chi connectivity index (χ1n) is 11.2. The lowest BCUT2D eigenvalue weighted by Gasteiger charge is -2.44. The van der Waals surface area contributed by atoms with E-state index < -0.39 is 0 Å². The Morgan fingerprint density at radius 3 is 2.52 bits per heavy atom. The predicted molar refractivity (Wildman–Crippen MR) is 119 cm³/mol. The Morgan fingerprint density at radius 2 is 1.79 bits per heavy atom. The Bertz CT molecular complexity index is 930. The maximum absolute atomic E-state index is 13.4. The molecule has 4 heterocycles. The summed E-state index contributed by atoms with van der Waals surface area (Å²) in [6.07, 6.45) is 6.07. The second-order valence-electron chi connectivity index (χ2n) is 9.41. The summed E-state index contributed by atoms with van der Waals surface area (Å²) < 4.78 is 2.12. The number of pyridine rings is 1. The standard InChI is InChI=1S/C24H31N3OS/c1-25-11-9-20(10-12-25)26-14-17-13-19(16-26)23-8-7-22(24(28)27(23)15-17)18-3-5-21(29-2)6-4-18/h3-8,17,19-20H,9-16H2,1-2H3/p+2/t17-,19+/m0/s1. The van der Waals surface area contributed by atoms with Crippen LogP contribution in [0, 0.1) is 5.92 Å². The number of quaternary nitrogens is 2. The molecule has 29 heavy (non-hydrogen) atoms. The molecule has 0 saturated carbocycles. The van der Waals surface area contributed by atoms with Crippen molar-refractivity contribution in [3.8, 4) is 11.1 Å². The molecule has 0 aliphatic carbocycles. The van der Waals surface area contributed by atoms with Gasteiger partial charge in [-0.25, -0.2) is 0 Å². The van der Waals surface area contributed by atoms with Crippen LogP contribution in [0.4, 0.5) is 0 Å². The highest BCUT2D eigenvalue weighted by Gasteiger charge is 2.41. The molecule has 5 heteroatoms. The Kier molecular flexibility index (Phi) is 5.31. The number of nitrogens with zero attached hydrogens (tertiary/aromatic N) is 1. The molecule has 1 aromatic heterocycles. The van der Waals surface area contributed by atoms with E-state index in [1.165, 1.54) is 56.0 Å². The van der Waals surface area contributed by atoms with Gasteiger partial charge < -0.3 is 14.4 Å². The van der Waals surface area contributed by atoms with Gasteiger partial charge in [-0.05, 0) is 42.5 Å². The normalized spacial score (nSPS) is 31.3. The number of rotatable bonds is 3. The molecule has 2 saturated heterocycles. The van der Waals surface area contributed by atoms with Crippen LogP contribution in [0.25, 0.3) is 11.1 Å². The minimum Gasteiger partial charge on any atom is -0.337 e. The third-order valence-corrected chi connectivity index (χ3v) is 8.31. The van der Waals surface area contributed by atoms with E-state index in [1.807, 2.05) is 4.90 Å². The Balaban J connectivity index is 1.41. The Hall–Kier alpha value is -1.56. The molecule has 2 aromatic rings. The van der Waals surface area contributed by atoms with Gasteiger partial charge in [-0.3, -0.25) is 4.79 Å². The fraction of sp³-hybridized carbons (Fsp3) is 0.542. The molecule has 154 valence electrons. The van der Waals surface area contributed by atoms with Gasteiger partial charge in [0.25, 0.3) is 5.56 Å². The Morgan fingerprint density at radius 1 is 1.03 bits per heavy atom. The zero-order valence-electron chi connectivity index (χ0n) is 17.6. The zero-order valence-corrected chi connectivity index (χ0v) is 18.4. The topological polar surface area (TPSA) is 30.9 Å². The molecule has 4 nitrogen and oxygen atoms in total. The van der Waals surface area contributed by atoms with Crippen LogP contribution in [0.5, 0.6) is 0 Å². The molecule has 2 fully saturated rings. The van der Waals surface area contributed by atoms with E-state index in [0.717, 1.165) is 23.7 Å². The lowest BCUT2D eigenvalue weighted by Crippen LogP contribution is -3.21. The second kappa shape index (κ2) is 7.93. The highest BCUT2D eigenvalue weighted by Crippen LogP contribution is 2.32. The smallest absolute Gasteiger partial charge is 0.258 e. The maximum Gasteiger partial charge on any atom is 0.258 e. The average molecular weight is 412 g/mol. The quantitative estimate of drug-likeness (QED) is 0.736. The molecule has 3 atom stereocenters. The molecule has 0 spiro atoms. The highest BCUT2D eigenvalue weighted by molar-refractivity contribution is 7.98. The fourth-order valence-corrected chi connectivity index (χ4v) is 6.35. The first-order valence-corrected chi connectivity index (χ1v) is 12.4. The number of thioether (sulfide) groups is 1. The first-order chi connectivity index (χ1) is 14.1. The van der Waals surface area contributed by atoms with E-state index in [4.69, 9.17) is 0 Å². The van der Waals surface area contributed by atoms with E-state index in [-0.39, 0.29) is 5.56 Å². The van der Waals surface area contributed by atoms with E-state index in [1.54, 1.807) is 16.7 Å². The third kappa shape index (κ3) is 3.69. The van der Waals surface area contributed by atoms with Gasteiger partial charge >= 0.3 is 0 Å². The molecule has 0 radical (unpaired) electrons. The first kappa shape index (κ1) is 19.4. The van der Waals surface area contributed by atoms with Crippen LogP contribution < -0.4 is 15.4 Å². The van der Waals surface area contributed by atoms with Gasteiger partial charge in [0, 0.05) is 47.4 Å². The molecular formula is C24H33N3OS+2. The lowest BCUT2D eigenvalue weighted by molar-refractivity contribution is -0.959. The van der Waals surface area contributed by atoms with E-state index in [0.29, 0.717) is 11.8 Å². The minimum atomic E-state index is 0.209. The van der Waals surface area contributed by atoms with Gasteiger partial charge in [-0.2, -0.15) is 0 Å². The van der Waals surface area contributed by atoms with Crippen molar-refractivity contribution in [1.82, 2.24) is 4.57 Å². The molecule has 1 unspecified atom stereocenters. The zero-order chi connectivity index (χ0) is 20.0. The van der Waals surface area contributed by atoms with Crippen molar-refractivity contribution in [2.24, 2.45) is 5.92 Å². The number of piperidine rings is 2. The highest BCUT2D eigenvalue weighted by atomic mass is 32.2. The number of fused-ring (bicyclic) bond motifs is 4. The molecule has 2 bridgehead atoms. The molecular weight excluding hydrogens is 378 g/mol. The molecule has 2 N–H and O–H groups in total. The van der Waals surface area contributed by atoms with Crippen molar-refractivity contribution in [3.63, 3.8) is 0 Å². The largest absolute Gasteiger partial charge is 0.337 e. The lowest BCUT2D eigenvalue weighted by atomic mass is 9.81. The summed E-state index contributed by atoms with van der Waals surface area (Å²) >= 11 is 1.74. The summed E-state index contributed by atoms with van der Waals surface area (Å²) in [5.41, 5.74) is 3.38. The third-order valence-electron chi connectivity index (χ3n) is 7.56. The number of hydrogen-bond acceptors (Lipinski definition) is 2. The molecule has 3 aliphatic heterocycles. The van der Waals surface area contributed by atoms with Crippen LogP contribution in [0.1, 0.15) is 30.9 Å². The summed E-state index contributed by atoms with van der Waals surface area (Å²) in [5, 5.41) is 0. The molecule has 5 rings (SSSR count). The number of nitrogens with one attached hydrogen (secondary N) is 2. The molecule has 3 aliphatic rings. The van der Waals surface area contributed by atoms with Gasteiger partial charge in [0.05, 0.1) is 39.3 Å². The van der Waals surface area contributed by atoms with Crippen molar-refractivity contribution >= 4 is 11.8 Å². The van der Waals surface area contributed by atoms with E-state index >= 15 is 0 Å².